The van der Waals surface area contributed by atoms with E-state index in [1.54, 1.807) is 0 Å². The molecule has 0 amide bonds. The van der Waals surface area contributed by atoms with E-state index in [4.69, 9.17) is 6.58 Å². The number of aliphatic hydroxyl groups is 1. The van der Waals surface area contributed by atoms with E-state index >= 15 is 4.79 Å². The molecular formula is C96H103N3O2. The van der Waals surface area contributed by atoms with Crippen molar-refractivity contribution in [1.82, 2.24) is 15.0 Å². The van der Waals surface area contributed by atoms with Gasteiger partial charge in [-0.05, 0) is 267 Å². The van der Waals surface area contributed by atoms with Gasteiger partial charge in [0, 0.05) is 44.8 Å². The van der Waals surface area contributed by atoms with E-state index in [0.29, 0.717) is 16.8 Å². The van der Waals surface area contributed by atoms with Crippen LogP contribution in [0.1, 0.15) is 252 Å². The van der Waals surface area contributed by atoms with Crippen LogP contribution < -0.4 is 0 Å². The molecule has 0 bridgehead atoms. The SMILES string of the molecule is C=C(C1=C(/C(C)=C2\C(=O)C(c3[nH]c(-c4[nH]c(C)c5c4-c4cc(C(C)(C)C)cc6cc(C(C)(C)C)cc-5c46)c4c3-c3cc(C(C)(C)C)cc5cc(C(C)(C)C)cc-4c35)=C2O)c2cc(C(C)(C)C)cc3cc(C(C)(C)C)cc1c23)c1[nH]c(C)c2c1-c1cc(C(C)(C)C)cc3cc(C(C)(C)C)cc-2c13. The van der Waals surface area contributed by atoms with Crippen molar-refractivity contribution in [2.45, 2.75) is 230 Å². The van der Waals surface area contributed by atoms with Gasteiger partial charge in [-0.3, -0.25) is 4.79 Å². The second kappa shape index (κ2) is 20.5. The Labute approximate surface area is 599 Å². The summed E-state index contributed by atoms with van der Waals surface area (Å²) < 4.78 is 0. The van der Waals surface area contributed by atoms with Crippen molar-refractivity contribution in [1.29, 1.82) is 0 Å². The van der Waals surface area contributed by atoms with Gasteiger partial charge in [-0.15, -0.1) is 0 Å². The maximum Gasteiger partial charge on any atom is 0.202 e. The van der Waals surface area contributed by atoms with Crippen molar-refractivity contribution in [2.75, 3.05) is 0 Å². The van der Waals surface area contributed by atoms with E-state index in [-0.39, 0.29) is 54.9 Å². The summed E-state index contributed by atoms with van der Waals surface area (Å²) in [6, 6.07) is 38.7. The first kappa shape index (κ1) is 66.6. The number of carbonyl (C=O) groups excluding carboxylic acids is 1. The van der Waals surface area contributed by atoms with Crippen LogP contribution in [0.15, 0.2) is 121 Å². The molecule has 0 radical (unpaired) electrons. The number of Topliss-reactive ketones (excluding diaryl/α,β-unsaturated/α-hetero) is 1. The lowest BCUT2D eigenvalue weighted by molar-refractivity contribution is -0.111. The first-order valence-electron chi connectivity index (χ1n) is 37.0. The smallest absolute Gasteiger partial charge is 0.202 e. The second-order valence-electron chi connectivity index (χ2n) is 39.2. The molecule has 16 rings (SSSR count). The normalized spacial score (nSPS) is 15.6. The van der Waals surface area contributed by atoms with Crippen molar-refractivity contribution in [3.63, 3.8) is 0 Å². The van der Waals surface area contributed by atoms with E-state index < -0.39 is 0 Å². The Bertz CT molecular complexity index is 5790. The number of hydrogen-bond donors (Lipinski definition) is 4. The van der Waals surface area contributed by atoms with Crippen LogP contribution in [-0.2, 0) is 48.1 Å². The van der Waals surface area contributed by atoms with Crippen molar-refractivity contribution >= 4 is 71.2 Å². The zero-order valence-corrected chi connectivity index (χ0v) is 65.3. The Morgan fingerprint density at radius 3 is 0.921 bits per heavy atom. The molecular weight excluding hydrogens is 1230 g/mol. The summed E-state index contributed by atoms with van der Waals surface area (Å²) in [6.45, 7) is 67.2. The van der Waals surface area contributed by atoms with Crippen LogP contribution in [0.4, 0.5) is 0 Å². The molecule has 0 spiro atoms. The Balaban J connectivity index is 0.979. The molecule has 3 heterocycles. The van der Waals surface area contributed by atoms with Gasteiger partial charge in [-0.25, -0.2) is 0 Å². The zero-order chi connectivity index (χ0) is 72.8. The fourth-order valence-corrected chi connectivity index (χ4v) is 17.6. The molecule has 0 fully saturated rings. The number of benzene rings is 8. The molecule has 0 saturated heterocycles. The van der Waals surface area contributed by atoms with Crippen LogP contribution in [0.5, 0.6) is 0 Å². The summed E-state index contributed by atoms with van der Waals surface area (Å²) in [6.07, 6.45) is 0. The van der Waals surface area contributed by atoms with Crippen LogP contribution in [0, 0.1) is 13.8 Å². The molecule has 0 aliphatic heterocycles. The quantitative estimate of drug-likeness (QED) is 0.129. The van der Waals surface area contributed by atoms with Crippen LogP contribution >= 0.6 is 0 Å². The highest BCUT2D eigenvalue weighted by molar-refractivity contribution is 6.43. The van der Waals surface area contributed by atoms with Gasteiger partial charge in [0.25, 0.3) is 0 Å². The molecule has 5 nitrogen and oxygen atoms in total. The molecule has 4 N–H and O–H groups in total. The number of allylic oxidation sites excluding steroid dienone is 6. The van der Waals surface area contributed by atoms with Crippen molar-refractivity contribution in [3.05, 3.63) is 199 Å². The maximum atomic E-state index is 16.7. The van der Waals surface area contributed by atoms with E-state index in [0.717, 1.165) is 94.9 Å². The lowest BCUT2D eigenvalue weighted by Gasteiger charge is -2.26. The molecule has 0 unspecified atom stereocenters. The summed E-state index contributed by atoms with van der Waals surface area (Å²) in [7, 11) is 0. The highest BCUT2D eigenvalue weighted by Gasteiger charge is 2.46. The minimum absolute atomic E-state index is 0.00220. The number of aliphatic hydroxyl groups excluding tert-OH is 1. The monoisotopic (exact) mass is 1330 g/mol. The zero-order valence-electron chi connectivity index (χ0n) is 65.3. The predicted octanol–water partition coefficient (Wildman–Crippen LogP) is 26.7. The number of aryl methyl sites for hydroxylation is 2. The molecule has 514 valence electrons. The Kier molecular flexibility index (Phi) is 13.5. The minimum Gasteiger partial charge on any atom is -0.506 e. The Morgan fingerprint density at radius 1 is 0.327 bits per heavy atom. The van der Waals surface area contributed by atoms with E-state index in [1.165, 1.54) is 121 Å². The largest absolute Gasteiger partial charge is 0.506 e. The van der Waals surface area contributed by atoms with Gasteiger partial charge in [0.15, 0.2) is 0 Å². The van der Waals surface area contributed by atoms with Gasteiger partial charge in [-0.2, -0.15) is 0 Å². The number of hydrogen-bond acceptors (Lipinski definition) is 2. The van der Waals surface area contributed by atoms with Gasteiger partial charge < -0.3 is 20.1 Å². The van der Waals surface area contributed by atoms with Crippen molar-refractivity contribution < 1.29 is 9.90 Å². The Morgan fingerprint density at radius 2 is 0.584 bits per heavy atom. The molecule has 8 aromatic carbocycles. The van der Waals surface area contributed by atoms with Crippen LogP contribution in [0.3, 0.4) is 0 Å². The van der Waals surface area contributed by atoms with Crippen molar-refractivity contribution in [2.24, 2.45) is 0 Å². The summed E-state index contributed by atoms with van der Waals surface area (Å²) in [5, 5.41) is 23.5. The third-order valence-electron chi connectivity index (χ3n) is 23.7. The average molecular weight is 1330 g/mol. The highest BCUT2D eigenvalue weighted by atomic mass is 16.3. The van der Waals surface area contributed by atoms with Crippen LogP contribution in [0.2, 0.25) is 0 Å². The fourth-order valence-electron chi connectivity index (χ4n) is 17.6. The third-order valence-corrected chi connectivity index (χ3v) is 23.7. The lowest BCUT2D eigenvalue weighted by atomic mass is 9.77. The average Bonchev–Trinajstić information content (AvgIpc) is 1.53. The minimum atomic E-state index is -0.224. The van der Waals surface area contributed by atoms with E-state index in [9.17, 15) is 5.11 Å². The van der Waals surface area contributed by atoms with E-state index in [1.807, 2.05) is 0 Å². The molecule has 0 saturated carbocycles. The van der Waals surface area contributed by atoms with Gasteiger partial charge in [0.2, 0.25) is 5.78 Å². The molecule has 5 heteroatoms. The number of nitrogens with one attached hydrogen (secondary N) is 3. The third kappa shape index (κ3) is 9.55. The molecule has 5 aliphatic rings. The number of aromatic amines is 3. The first-order chi connectivity index (χ1) is 46.6. The molecule has 11 aromatic rings. The second-order valence-corrected chi connectivity index (χ2v) is 39.2. The van der Waals surface area contributed by atoms with Gasteiger partial charge in [0.05, 0.1) is 33.9 Å². The predicted molar refractivity (Wildman–Crippen MR) is 433 cm³/mol. The number of ketones is 1. The highest BCUT2D eigenvalue weighted by Crippen LogP contribution is 2.64. The fraction of sp³-hybridized carbons (Fsp3) is 0.365. The summed E-state index contributed by atoms with van der Waals surface area (Å²) in [4.78, 5) is 28.9. The van der Waals surface area contributed by atoms with E-state index in [2.05, 4.69) is 299 Å². The van der Waals surface area contributed by atoms with Gasteiger partial charge >= 0.3 is 0 Å². The number of aromatic nitrogens is 3. The molecule has 101 heavy (non-hydrogen) atoms. The summed E-state index contributed by atoms with van der Waals surface area (Å²) in [5.41, 5.74) is 34.8. The first-order valence-corrected chi connectivity index (χ1v) is 37.0. The molecule has 0 atom stereocenters. The van der Waals surface area contributed by atoms with Gasteiger partial charge in [-0.1, -0.05) is 221 Å². The maximum absolute atomic E-state index is 16.7. The summed E-state index contributed by atoms with van der Waals surface area (Å²) in [5.74, 6) is -0.183. The Hall–Kier alpha value is -8.93. The summed E-state index contributed by atoms with van der Waals surface area (Å²) >= 11 is 0. The number of carbonyl (C=O) groups is 1. The number of rotatable bonds is 5. The topological polar surface area (TPSA) is 84.7 Å². The molecule has 5 aliphatic carbocycles. The lowest BCUT2D eigenvalue weighted by Crippen LogP contribution is -2.23. The van der Waals surface area contributed by atoms with Gasteiger partial charge in [0.1, 0.15) is 5.76 Å². The standard InChI is InChI=1S/C96H103N3O2/c1-45(69-61-37-53(89(5,6)7)29-49-30-54(90(8,9)10)38-62(74(49)61)70(69)46(2)83-78-65-41-57(93(17,18)19)33-50-31-55(91(11,12)13)39-63(75(50)65)72(78)47(3)97-83)71-87(100)82(88(71)101)84-80-67-43-59(95(23,24)25)35-52-36-60(96(26,27)28)44-68(77(52)67)81(80)86(99-84)85-79-66-42-58(94(20,21)22)34-51-32-56(92(14,15)16)40-64(76(51)66)73(79)48(4)98-85/h29-44,97-100H,2H2,1,3-28H3/b71-45-. The molecule has 3 aromatic heterocycles. The van der Waals surface area contributed by atoms with Crippen LogP contribution in [-0.4, -0.2) is 25.8 Å². The van der Waals surface area contributed by atoms with Crippen LogP contribution in [0.25, 0.3) is 144 Å². The number of fused-ring (bicyclic) bond motifs is 9. The number of H-pyrrole nitrogens is 3. The van der Waals surface area contributed by atoms with Crippen molar-refractivity contribution in [3.8, 4) is 78.1 Å².